The van der Waals surface area contributed by atoms with Crippen LogP contribution in [-0.4, -0.2) is 40.2 Å². The number of esters is 1. The molecule has 3 aromatic rings. The molecule has 4 rings (SSSR count). The van der Waals surface area contributed by atoms with E-state index in [4.69, 9.17) is 20.1 Å². The molecule has 0 amide bonds. The van der Waals surface area contributed by atoms with Crippen molar-refractivity contribution in [1.82, 2.24) is 9.13 Å². The first kappa shape index (κ1) is 29.6. The van der Waals surface area contributed by atoms with Gasteiger partial charge in [-0.3, -0.25) is 13.9 Å². The third-order valence-corrected chi connectivity index (χ3v) is 6.34. The number of benzene rings is 2. The first-order chi connectivity index (χ1) is 17.9. The fourth-order valence-corrected chi connectivity index (χ4v) is 4.20. The Kier molecular flexibility index (Phi) is 9.95. The van der Waals surface area contributed by atoms with E-state index in [1.165, 1.54) is 24.7 Å². The number of para-hydroxylation sites is 1. The van der Waals surface area contributed by atoms with Crippen LogP contribution in [-0.2, 0) is 34.8 Å². The van der Waals surface area contributed by atoms with E-state index < -0.39 is 28.8 Å². The molecule has 12 heteroatoms. The normalized spacial score (nSPS) is 16.0. The highest BCUT2D eigenvalue weighted by Crippen LogP contribution is 2.22. The number of halogens is 2. The van der Waals surface area contributed by atoms with Gasteiger partial charge >= 0.3 is 11.7 Å². The lowest BCUT2D eigenvalue weighted by atomic mass is 10.0. The van der Waals surface area contributed by atoms with E-state index in [1.807, 2.05) is 36.4 Å². The van der Waals surface area contributed by atoms with Crippen LogP contribution in [0, 0.1) is 9.39 Å². The number of hydrogen-bond donors (Lipinski definition) is 1. The Morgan fingerprint density at radius 1 is 1.16 bits per heavy atom. The van der Waals surface area contributed by atoms with Crippen LogP contribution < -0.4 is 21.9 Å². The molecule has 0 spiro atoms. The number of carbonyl (C=O) groups is 1. The van der Waals surface area contributed by atoms with Crippen molar-refractivity contribution in [2.75, 3.05) is 13.2 Å². The van der Waals surface area contributed by atoms with Gasteiger partial charge in [0.1, 0.15) is 23.2 Å². The fraction of sp³-hybridized carbons (Fsp3) is 0.346. The van der Waals surface area contributed by atoms with Gasteiger partial charge in [0.05, 0.1) is 13.2 Å². The summed E-state index contributed by atoms with van der Waals surface area (Å²) in [6, 6.07) is 12.9. The lowest BCUT2D eigenvalue weighted by Crippen LogP contribution is -2.43. The molecule has 10 nitrogen and oxygen atoms in total. The zero-order valence-corrected chi connectivity index (χ0v) is 23.6. The quantitative estimate of drug-likeness (QED) is 0.189. The first-order valence-electron chi connectivity index (χ1n) is 11.6. The molecular formula is C26H29FIN3O7. The van der Waals surface area contributed by atoms with Crippen molar-refractivity contribution in [1.29, 1.82) is 0 Å². The Balaban J connectivity index is 0.000000336. The molecule has 1 unspecified atom stereocenters. The summed E-state index contributed by atoms with van der Waals surface area (Å²) >= 11 is 1.98. The van der Waals surface area contributed by atoms with Crippen molar-refractivity contribution in [3.63, 3.8) is 0 Å². The molecule has 0 radical (unpaired) electrons. The third-order valence-electron chi connectivity index (χ3n) is 5.67. The van der Waals surface area contributed by atoms with Crippen LogP contribution in [0.15, 0.2) is 58.1 Å². The Labute approximate surface area is 232 Å². The summed E-state index contributed by atoms with van der Waals surface area (Å²) in [5.41, 5.74) is -1.34. The van der Waals surface area contributed by atoms with Gasteiger partial charge in [-0.2, -0.15) is 0 Å². The van der Waals surface area contributed by atoms with Crippen LogP contribution in [0.4, 0.5) is 4.39 Å². The molecule has 1 saturated heterocycles. The van der Waals surface area contributed by atoms with E-state index in [2.05, 4.69) is 4.84 Å². The second kappa shape index (κ2) is 12.8. The van der Waals surface area contributed by atoms with Gasteiger partial charge in [-0.05, 0) is 66.3 Å². The predicted molar refractivity (Wildman–Crippen MR) is 145 cm³/mol. The highest BCUT2D eigenvalue weighted by molar-refractivity contribution is 14.1. The highest BCUT2D eigenvalue weighted by atomic mass is 127. The van der Waals surface area contributed by atoms with Crippen molar-refractivity contribution in [2.45, 2.75) is 32.2 Å². The van der Waals surface area contributed by atoms with Crippen molar-refractivity contribution >= 4 is 28.6 Å². The van der Waals surface area contributed by atoms with Gasteiger partial charge in [0.25, 0.3) is 5.56 Å². The van der Waals surface area contributed by atoms with Gasteiger partial charge in [-0.1, -0.05) is 24.3 Å². The summed E-state index contributed by atoms with van der Waals surface area (Å²) in [7, 11) is 2.71. The van der Waals surface area contributed by atoms with E-state index in [9.17, 15) is 18.8 Å². The Bertz CT molecular complexity index is 1410. The Morgan fingerprint density at radius 2 is 1.84 bits per heavy atom. The molecule has 1 fully saturated rings. The molecule has 38 heavy (non-hydrogen) atoms. The second-order valence-electron chi connectivity index (χ2n) is 8.93. The van der Waals surface area contributed by atoms with E-state index in [0.717, 1.165) is 4.57 Å². The smallest absolute Gasteiger partial charge is 0.351 e. The third kappa shape index (κ3) is 7.35. The van der Waals surface area contributed by atoms with Crippen LogP contribution >= 0.6 is 22.6 Å². The zero-order valence-electron chi connectivity index (χ0n) is 21.4. The zero-order chi connectivity index (χ0) is 28.0. The average molecular weight is 641 g/mol. The lowest BCUT2D eigenvalue weighted by Gasteiger charge is -2.16. The topological polar surface area (TPSA) is 124 Å². The van der Waals surface area contributed by atoms with E-state index >= 15 is 0 Å². The number of carbonyl (C=O) groups excluding carboxylic acids is 1. The van der Waals surface area contributed by atoms with Gasteiger partial charge in [0.2, 0.25) is 0 Å². The van der Waals surface area contributed by atoms with E-state index in [1.54, 1.807) is 42.5 Å². The van der Waals surface area contributed by atoms with Gasteiger partial charge in [-0.25, -0.2) is 19.9 Å². The second-order valence-corrected chi connectivity index (χ2v) is 10.2. The summed E-state index contributed by atoms with van der Waals surface area (Å²) < 4.78 is 32.9. The maximum Gasteiger partial charge on any atom is 0.351 e. The van der Waals surface area contributed by atoms with Crippen molar-refractivity contribution in [3.05, 3.63) is 95.6 Å². The largest absolute Gasteiger partial charge is 0.423 e. The summed E-state index contributed by atoms with van der Waals surface area (Å²) in [5.74, 6) is 3.27. The molecule has 204 valence electrons. The minimum atomic E-state index is -0.900. The molecule has 0 aliphatic carbocycles. The maximum atomic E-state index is 14.3. The van der Waals surface area contributed by atoms with Crippen molar-refractivity contribution < 1.29 is 28.2 Å². The standard InChI is InChI=1S/C20H16FIN2O4.C6H13NO3/c1-23-16(10-12-8-9-13(22)11-15(12)21)17(18(25)24(2)20(23)27)19(26)28-14-6-4-3-5-7-14;1-6(2)8-3-5(10-6)4-9-7/h3-9,11H,10H2,1-2H3;5H,3-4,7H2,1-2H3. The number of ether oxygens (including phenoxy) is 3. The number of rotatable bonds is 6. The Hall–Kier alpha value is -2.91. The molecule has 1 atom stereocenters. The van der Waals surface area contributed by atoms with Crippen LogP contribution in [0.2, 0.25) is 0 Å². The minimum Gasteiger partial charge on any atom is -0.423 e. The van der Waals surface area contributed by atoms with E-state index in [-0.39, 0.29) is 35.1 Å². The summed E-state index contributed by atoms with van der Waals surface area (Å²) in [4.78, 5) is 42.2. The number of hydrogen-bond acceptors (Lipinski definition) is 8. The molecule has 1 aliphatic heterocycles. The monoisotopic (exact) mass is 641 g/mol. The van der Waals surface area contributed by atoms with Crippen LogP contribution in [0.5, 0.6) is 5.75 Å². The molecule has 0 saturated carbocycles. The number of nitrogens with zero attached hydrogens (tertiary/aromatic N) is 2. The number of nitrogens with two attached hydrogens (primary N) is 1. The average Bonchev–Trinajstić information content (AvgIpc) is 3.22. The van der Waals surface area contributed by atoms with Crippen molar-refractivity contribution in [2.24, 2.45) is 20.0 Å². The fourth-order valence-electron chi connectivity index (χ4n) is 3.74. The predicted octanol–water partition coefficient (Wildman–Crippen LogP) is 2.67. The van der Waals surface area contributed by atoms with Crippen LogP contribution in [0.3, 0.4) is 0 Å². The van der Waals surface area contributed by atoms with Crippen molar-refractivity contribution in [3.8, 4) is 5.75 Å². The summed E-state index contributed by atoms with van der Waals surface area (Å²) in [6.07, 6.45) is -0.121. The summed E-state index contributed by atoms with van der Waals surface area (Å²) in [5, 5.41) is 0. The SMILES string of the molecule is CC1(C)OCC(CON)O1.Cn1c(Cc2ccc(I)cc2F)c(C(=O)Oc2ccccc2)c(=O)n(C)c1=O. The van der Waals surface area contributed by atoms with Gasteiger partial charge in [0, 0.05) is 29.8 Å². The van der Waals surface area contributed by atoms with Gasteiger partial charge < -0.3 is 19.0 Å². The van der Waals surface area contributed by atoms with E-state index in [0.29, 0.717) is 16.8 Å². The molecule has 1 aliphatic rings. The Morgan fingerprint density at radius 3 is 2.42 bits per heavy atom. The van der Waals surface area contributed by atoms with Gasteiger partial charge in [-0.15, -0.1) is 0 Å². The molecule has 2 heterocycles. The van der Waals surface area contributed by atoms with Gasteiger partial charge in [0.15, 0.2) is 5.79 Å². The first-order valence-corrected chi connectivity index (χ1v) is 12.6. The highest BCUT2D eigenvalue weighted by Gasteiger charge is 2.32. The molecule has 1 aromatic heterocycles. The summed E-state index contributed by atoms with van der Waals surface area (Å²) in [6.45, 7) is 4.68. The van der Waals surface area contributed by atoms with Crippen LogP contribution in [0.25, 0.3) is 0 Å². The molecule has 2 aromatic carbocycles. The lowest BCUT2D eigenvalue weighted by molar-refractivity contribution is -0.145. The number of aromatic nitrogens is 2. The molecular weight excluding hydrogens is 612 g/mol. The molecule has 2 N–H and O–H groups in total. The maximum absolute atomic E-state index is 14.3. The molecule has 0 bridgehead atoms. The van der Waals surface area contributed by atoms with Crippen LogP contribution in [0.1, 0.15) is 35.5 Å². The minimum absolute atomic E-state index is 0.0139.